The highest BCUT2D eigenvalue weighted by atomic mass is 16.5. The number of methoxy groups -OCH3 is 1. The molecule has 1 aliphatic rings. The highest BCUT2D eigenvalue weighted by Gasteiger charge is 2.27. The predicted octanol–water partition coefficient (Wildman–Crippen LogP) is 2.59. The van der Waals surface area contributed by atoms with Gasteiger partial charge in [0.15, 0.2) is 0 Å². The first-order valence-electron chi connectivity index (χ1n) is 7.11. The first-order valence-corrected chi connectivity index (χ1v) is 7.11. The smallest absolute Gasteiger partial charge is 0.134 e. The van der Waals surface area contributed by atoms with Gasteiger partial charge in [-0.25, -0.2) is 9.97 Å². The Balaban J connectivity index is 2.07. The summed E-state index contributed by atoms with van der Waals surface area (Å²) in [6, 6.07) is 0.359. The van der Waals surface area contributed by atoms with Gasteiger partial charge in [0.1, 0.15) is 18.0 Å². The van der Waals surface area contributed by atoms with Gasteiger partial charge >= 0.3 is 0 Å². The molecule has 0 bridgehead atoms. The molecule has 2 atom stereocenters. The molecule has 0 saturated heterocycles. The Morgan fingerprint density at radius 1 is 1.32 bits per heavy atom. The van der Waals surface area contributed by atoms with E-state index in [4.69, 9.17) is 4.74 Å². The van der Waals surface area contributed by atoms with Gasteiger partial charge in [-0.05, 0) is 32.6 Å². The number of ether oxygens (including phenoxy) is 1. The number of nitrogens with one attached hydrogen (secondary N) is 2. The van der Waals surface area contributed by atoms with Gasteiger partial charge in [-0.15, -0.1) is 0 Å². The third-order valence-electron chi connectivity index (χ3n) is 3.70. The summed E-state index contributed by atoms with van der Waals surface area (Å²) >= 11 is 0. The molecule has 0 aromatic carbocycles. The zero-order chi connectivity index (χ0) is 13.7. The molecule has 2 unspecified atom stereocenters. The van der Waals surface area contributed by atoms with Crippen LogP contribution >= 0.6 is 0 Å². The van der Waals surface area contributed by atoms with E-state index in [0.717, 1.165) is 43.0 Å². The second-order valence-corrected chi connectivity index (χ2v) is 5.08. The number of rotatable bonds is 6. The van der Waals surface area contributed by atoms with E-state index >= 15 is 0 Å². The van der Waals surface area contributed by atoms with Crippen molar-refractivity contribution < 1.29 is 4.74 Å². The minimum absolute atomic E-state index is 0.293. The number of nitrogens with zero attached hydrogens (tertiary/aromatic N) is 2. The minimum Gasteiger partial charge on any atom is -0.379 e. The van der Waals surface area contributed by atoms with Crippen molar-refractivity contribution in [2.75, 3.05) is 24.3 Å². The fourth-order valence-electron chi connectivity index (χ4n) is 2.57. The van der Waals surface area contributed by atoms with Crippen molar-refractivity contribution in [3.63, 3.8) is 0 Å². The van der Waals surface area contributed by atoms with Crippen LogP contribution < -0.4 is 10.6 Å². The van der Waals surface area contributed by atoms with Crippen molar-refractivity contribution in [1.29, 1.82) is 0 Å². The monoisotopic (exact) mass is 264 g/mol. The van der Waals surface area contributed by atoms with Crippen molar-refractivity contribution in [2.45, 2.75) is 51.7 Å². The van der Waals surface area contributed by atoms with Gasteiger partial charge in [0, 0.05) is 19.2 Å². The number of hydrogen-bond acceptors (Lipinski definition) is 5. The van der Waals surface area contributed by atoms with E-state index in [2.05, 4.69) is 34.4 Å². The molecule has 5 nitrogen and oxygen atoms in total. The Labute approximate surface area is 115 Å². The zero-order valence-electron chi connectivity index (χ0n) is 12.1. The van der Waals surface area contributed by atoms with Crippen LogP contribution in [0.2, 0.25) is 0 Å². The van der Waals surface area contributed by atoms with Crippen molar-refractivity contribution in [1.82, 2.24) is 9.97 Å². The van der Waals surface area contributed by atoms with Gasteiger partial charge in [0.25, 0.3) is 0 Å². The second-order valence-electron chi connectivity index (χ2n) is 5.08. The quantitative estimate of drug-likeness (QED) is 0.827. The summed E-state index contributed by atoms with van der Waals surface area (Å²) in [5.41, 5.74) is 1.08. The van der Waals surface area contributed by atoms with Crippen LogP contribution in [0.3, 0.4) is 0 Å². The summed E-state index contributed by atoms with van der Waals surface area (Å²) in [7, 11) is 1.78. The summed E-state index contributed by atoms with van der Waals surface area (Å²) in [5.74, 6) is 1.84. The Bertz CT molecular complexity index is 410. The minimum atomic E-state index is 0.293. The Morgan fingerprint density at radius 2 is 2.11 bits per heavy atom. The molecule has 1 saturated carbocycles. The largest absolute Gasteiger partial charge is 0.379 e. The van der Waals surface area contributed by atoms with E-state index < -0.39 is 0 Å². The third kappa shape index (κ3) is 3.35. The van der Waals surface area contributed by atoms with Gasteiger partial charge in [-0.3, -0.25) is 0 Å². The first kappa shape index (κ1) is 14.1. The van der Waals surface area contributed by atoms with E-state index in [-0.39, 0.29) is 0 Å². The molecule has 1 aromatic heterocycles. The SMILES string of the molecule is CCCNc1ncnc(NC2CCCC2OC)c1C. The summed E-state index contributed by atoms with van der Waals surface area (Å²) in [6.07, 6.45) is 6.46. The molecule has 1 heterocycles. The zero-order valence-corrected chi connectivity index (χ0v) is 12.1. The Morgan fingerprint density at radius 3 is 2.84 bits per heavy atom. The summed E-state index contributed by atoms with van der Waals surface area (Å²) in [6.45, 7) is 5.13. The molecule has 0 spiro atoms. The van der Waals surface area contributed by atoms with Crippen LogP contribution in [-0.4, -0.2) is 35.8 Å². The lowest BCUT2D eigenvalue weighted by molar-refractivity contribution is 0.101. The average molecular weight is 264 g/mol. The van der Waals surface area contributed by atoms with Crippen LogP contribution in [0, 0.1) is 6.92 Å². The molecule has 1 aliphatic carbocycles. The first-order chi connectivity index (χ1) is 9.26. The molecule has 106 valence electrons. The lowest BCUT2D eigenvalue weighted by Gasteiger charge is -2.21. The maximum atomic E-state index is 5.51. The van der Waals surface area contributed by atoms with Crippen molar-refractivity contribution in [2.24, 2.45) is 0 Å². The Hall–Kier alpha value is -1.36. The predicted molar refractivity (Wildman–Crippen MR) is 77.6 cm³/mol. The highest BCUT2D eigenvalue weighted by Crippen LogP contribution is 2.26. The maximum absolute atomic E-state index is 5.51. The van der Waals surface area contributed by atoms with E-state index in [1.165, 1.54) is 6.42 Å². The van der Waals surface area contributed by atoms with E-state index in [0.29, 0.717) is 12.1 Å². The maximum Gasteiger partial charge on any atom is 0.134 e. The molecule has 0 radical (unpaired) electrons. The van der Waals surface area contributed by atoms with Gasteiger partial charge in [-0.2, -0.15) is 0 Å². The van der Waals surface area contributed by atoms with Crippen LogP contribution in [0.1, 0.15) is 38.2 Å². The molecular weight excluding hydrogens is 240 g/mol. The van der Waals surface area contributed by atoms with Crippen LogP contribution in [0.4, 0.5) is 11.6 Å². The molecule has 5 heteroatoms. The number of hydrogen-bond donors (Lipinski definition) is 2. The normalized spacial score (nSPS) is 22.5. The van der Waals surface area contributed by atoms with Gasteiger partial charge in [0.05, 0.1) is 12.1 Å². The average Bonchev–Trinajstić information content (AvgIpc) is 2.87. The fourth-order valence-corrected chi connectivity index (χ4v) is 2.57. The van der Waals surface area contributed by atoms with E-state index in [1.807, 2.05) is 0 Å². The molecule has 1 aromatic rings. The topological polar surface area (TPSA) is 59.1 Å². The lowest BCUT2D eigenvalue weighted by atomic mass is 10.2. The third-order valence-corrected chi connectivity index (χ3v) is 3.70. The molecule has 2 rings (SSSR count). The van der Waals surface area contributed by atoms with E-state index in [9.17, 15) is 0 Å². The molecule has 0 amide bonds. The lowest BCUT2D eigenvalue weighted by Crippen LogP contribution is -2.30. The number of aromatic nitrogens is 2. The molecule has 2 N–H and O–H groups in total. The van der Waals surface area contributed by atoms with Crippen LogP contribution in [0.5, 0.6) is 0 Å². The highest BCUT2D eigenvalue weighted by molar-refractivity contribution is 5.56. The van der Waals surface area contributed by atoms with Crippen molar-refractivity contribution >= 4 is 11.6 Å². The second kappa shape index (κ2) is 6.70. The van der Waals surface area contributed by atoms with E-state index in [1.54, 1.807) is 13.4 Å². The van der Waals surface area contributed by atoms with Gasteiger partial charge in [-0.1, -0.05) is 6.92 Å². The van der Waals surface area contributed by atoms with Crippen molar-refractivity contribution in [3.8, 4) is 0 Å². The Kier molecular flexibility index (Phi) is 4.96. The van der Waals surface area contributed by atoms with Crippen molar-refractivity contribution in [3.05, 3.63) is 11.9 Å². The molecular formula is C14H24N4O. The van der Waals surface area contributed by atoms with Crippen LogP contribution in [0.15, 0.2) is 6.33 Å². The molecule has 0 aliphatic heterocycles. The summed E-state index contributed by atoms with van der Waals surface area (Å²) in [4.78, 5) is 8.66. The summed E-state index contributed by atoms with van der Waals surface area (Å²) < 4.78 is 5.51. The standard InChI is InChI=1S/C14H24N4O/c1-4-8-15-13-10(2)14(17-9-16-13)18-11-6-5-7-12(11)19-3/h9,11-12H,4-8H2,1-3H3,(H2,15,16,17,18). The van der Waals surface area contributed by atoms with Gasteiger partial charge < -0.3 is 15.4 Å². The van der Waals surface area contributed by atoms with Crippen LogP contribution in [-0.2, 0) is 4.74 Å². The molecule has 19 heavy (non-hydrogen) atoms. The number of anilines is 2. The fraction of sp³-hybridized carbons (Fsp3) is 0.714. The summed E-state index contributed by atoms with van der Waals surface area (Å²) in [5, 5.41) is 6.84. The van der Waals surface area contributed by atoms with Gasteiger partial charge in [0.2, 0.25) is 0 Å². The van der Waals surface area contributed by atoms with Crippen LogP contribution in [0.25, 0.3) is 0 Å². The molecule has 1 fully saturated rings.